The molecule has 11 heteroatoms. The Morgan fingerprint density at radius 3 is 2.25 bits per heavy atom. The standard InChI is InChI=1S/C29H22N6O3S2/c1-19-8-12-21(13-9-19)26-23(18-35(34-26)24-6-4-3-5-7-24)16-25(17-30)40(37,38)29-33-32-28(39-29)31-27(36)22-14-10-20(2)11-15-22/h3-16,18H,1-2H3,(H,31,32,36)/b25-16+. The smallest absolute Gasteiger partial charge is 0.257 e. The molecule has 2 heterocycles. The molecular weight excluding hydrogens is 544 g/mol. The minimum Gasteiger partial charge on any atom is -0.296 e. The monoisotopic (exact) mass is 566 g/mol. The molecular formula is C29H22N6O3S2. The maximum absolute atomic E-state index is 13.4. The van der Waals surface area contributed by atoms with Gasteiger partial charge in [-0.2, -0.15) is 10.4 Å². The maximum Gasteiger partial charge on any atom is 0.257 e. The Hall–Kier alpha value is -4.92. The highest BCUT2D eigenvalue weighted by Crippen LogP contribution is 2.30. The van der Waals surface area contributed by atoms with Crippen molar-refractivity contribution in [3.8, 4) is 23.0 Å². The van der Waals surface area contributed by atoms with E-state index >= 15 is 0 Å². The molecule has 0 fully saturated rings. The second-order valence-electron chi connectivity index (χ2n) is 8.90. The number of hydrogen-bond donors (Lipinski definition) is 1. The Balaban J connectivity index is 1.50. The number of rotatable bonds is 7. The summed E-state index contributed by atoms with van der Waals surface area (Å²) >= 11 is 0.670. The zero-order valence-electron chi connectivity index (χ0n) is 21.4. The number of allylic oxidation sites excluding steroid dienone is 1. The number of carbonyl (C=O) groups is 1. The lowest BCUT2D eigenvalue weighted by molar-refractivity contribution is 0.102. The second kappa shape index (κ2) is 11.1. The quantitative estimate of drug-likeness (QED) is 0.200. The number of para-hydroxylation sites is 1. The van der Waals surface area contributed by atoms with Gasteiger partial charge < -0.3 is 0 Å². The molecule has 1 N–H and O–H groups in total. The summed E-state index contributed by atoms with van der Waals surface area (Å²) in [5.41, 5.74) is 4.93. The van der Waals surface area contributed by atoms with Gasteiger partial charge in [-0.3, -0.25) is 10.1 Å². The lowest BCUT2D eigenvalue weighted by atomic mass is 10.1. The van der Waals surface area contributed by atoms with E-state index in [9.17, 15) is 18.5 Å². The number of hydrogen-bond acceptors (Lipinski definition) is 8. The van der Waals surface area contributed by atoms with E-state index in [1.807, 2.05) is 68.4 Å². The van der Waals surface area contributed by atoms with Crippen LogP contribution in [-0.4, -0.2) is 34.3 Å². The SMILES string of the molecule is Cc1ccc(C(=O)Nc2nnc(S(=O)(=O)/C(C#N)=C/c3cn(-c4ccccc4)nc3-c3ccc(C)cc3)s2)cc1. The van der Waals surface area contributed by atoms with Crippen LogP contribution in [0.1, 0.15) is 27.0 Å². The molecule has 0 radical (unpaired) electrons. The Labute approximate surface area is 235 Å². The lowest BCUT2D eigenvalue weighted by Gasteiger charge is -2.02. The number of carbonyl (C=O) groups excluding carboxylic acids is 1. The first-order valence-electron chi connectivity index (χ1n) is 12.0. The molecule has 0 aliphatic carbocycles. The third kappa shape index (κ3) is 5.58. The zero-order valence-corrected chi connectivity index (χ0v) is 23.1. The number of aryl methyl sites for hydroxylation is 2. The molecule has 0 atom stereocenters. The Morgan fingerprint density at radius 1 is 0.950 bits per heavy atom. The number of sulfone groups is 1. The molecule has 0 unspecified atom stereocenters. The molecule has 0 saturated carbocycles. The van der Waals surface area contributed by atoms with Crippen LogP contribution < -0.4 is 5.32 Å². The number of nitrogens with zero attached hydrogens (tertiary/aromatic N) is 5. The first kappa shape index (κ1) is 26.7. The summed E-state index contributed by atoms with van der Waals surface area (Å²) in [6.07, 6.45) is 2.95. The van der Waals surface area contributed by atoms with Crippen molar-refractivity contribution >= 4 is 38.3 Å². The normalized spacial score (nSPS) is 11.7. The Kier molecular flexibility index (Phi) is 7.37. The summed E-state index contributed by atoms with van der Waals surface area (Å²) in [5.74, 6) is -0.452. The van der Waals surface area contributed by atoms with Gasteiger partial charge in [0.15, 0.2) is 4.91 Å². The third-order valence-electron chi connectivity index (χ3n) is 5.95. The first-order chi connectivity index (χ1) is 19.2. The van der Waals surface area contributed by atoms with E-state index in [0.29, 0.717) is 28.2 Å². The van der Waals surface area contributed by atoms with Gasteiger partial charge in [-0.1, -0.05) is 77.1 Å². The van der Waals surface area contributed by atoms with E-state index < -0.39 is 25.0 Å². The summed E-state index contributed by atoms with van der Waals surface area (Å²) in [6.45, 7) is 3.87. The van der Waals surface area contributed by atoms with Crippen molar-refractivity contribution in [3.63, 3.8) is 0 Å². The highest BCUT2D eigenvalue weighted by molar-refractivity contribution is 7.97. The summed E-state index contributed by atoms with van der Waals surface area (Å²) < 4.78 is 28.1. The molecule has 5 rings (SSSR count). The number of nitrogens with one attached hydrogen (secondary N) is 1. The van der Waals surface area contributed by atoms with Crippen molar-refractivity contribution < 1.29 is 13.2 Å². The van der Waals surface area contributed by atoms with E-state index in [-0.39, 0.29) is 5.13 Å². The largest absolute Gasteiger partial charge is 0.296 e. The summed E-state index contributed by atoms with van der Waals surface area (Å²) in [5, 5.41) is 24.7. The average Bonchev–Trinajstić information content (AvgIpc) is 3.61. The van der Waals surface area contributed by atoms with Crippen LogP contribution in [0.5, 0.6) is 0 Å². The van der Waals surface area contributed by atoms with Crippen LogP contribution in [0.25, 0.3) is 23.0 Å². The average molecular weight is 567 g/mol. The highest BCUT2D eigenvalue weighted by Gasteiger charge is 2.27. The van der Waals surface area contributed by atoms with Crippen molar-refractivity contribution in [3.05, 3.63) is 112 Å². The van der Waals surface area contributed by atoms with Gasteiger partial charge in [0.25, 0.3) is 5.91 Å². The number of amides is 1. The second-order valence-corrected chi connectivity index (χ2v) is 12.0. The number of benzene rings is 3. The minimum absolute atomic E-state index is 0.00122. The molecule has 0 bridgehead atoms. The topological polar surface area (TPSA) is 131 Å². The first-order valence-corrected chi connectivity index (χ1v) is 14.3. The third-order valence-corrected chi connectivity index (χ3v) is 8.82. The summed E-state index contributed by atoms with van der Waals surface area (Å²) in [6, 6.07) is 25.7. The van der Waals surface area contributed by atoms with Crippen LogP contribution in [0.4, 0.5) is 5.13 Å². The number of aromatic nitrogens is 4. The van der Waals surface area contributed by atoms with E-state index in [4.69, 9.17) is 0 Å². The predicted octanol–water partition coefficient (Wildman–Crippen LogP) is 5.60. The van der Waals surface area contributed by atoms with E-state index in [1.54, 1.807) is 41.2 Å². The van der Waals surface area contributed by atoms with Crippen LogP contribution >= 0.6 is 11.3 Å². The van der Waals surface area contributed by atoms with Gasteiger partial charge in [-0.05, 0) is 44.2 Å². The molecule has 2 aromatic heterocycles. The van der Waals surface area contributed by atoms with Crippen LogP contribution in [-0.2, 0) is 9.84 Å². The van der Waals surface area contributed by atoms with Crippen molar-refractivity contribution in [2.75, 3.05) is 5.32 Å². The lowest BCUT2D eigenvalue weighted by Crippen LogP contribution is -2.11. The van der Waals surface area contributed by atoms with Gasteiger partial charge in [-0.15, -0.1) is 10.2 Å². The molecule has 0 saturated heterocycles. The molecule has 198 valence electrons. The molecule has 0 aliphatic heterocycles. The summed E-state index contributed by atoms with van der Waals surface area (Å²) in [4.78, 5) is 12.0. The fourth-order valence-electron chi connectivity index (χ4n) is 3.79. The van der Waals surface area contributed by atoms with Crippen molar-refractivity contribution in [1.82, 2.24) is 20.0 Å². The number of nitriles is 1. The molecule has 0 aliphatic rings. The predicted molar refractivity (Wildman–Crippen MR) is 154 cm³/mol. The molecule has 5 aromatic rings. The van der Waals surface area contributed by atoms with Gasteiger partial charge >= 0.3 is 0 Å². The van der Waals surface area contributed by atoms with Crippen LogP contribution in [0, 0.1) is 25.2 Å². The summed E-state index contributed by atoms with van der Waals surface area (Å²) in [7, 11) is -4.34. The Morgan fingerprint density at radius 2 is 1.60 bits per heavy atom. The highest BCUT2D eigenvalue weighted by atomic mass is 32.2. The van der Waals surface area contributed by atoms with Gasteiger partial charge in [0.05, 0.1) is 5.69 Å². The fraction of sp³-hybridized carbons (Fsp3) is 0.0690. The van der Waals surface area contributed by atoms with Gasteiger partial charge in [-0.25, -0.2) is 13.1 Å². The van der Waals surface area contributed by atoms with Crippen molar-refractivity contribution in [2.24, 2.45) is 0 Å². The van der Waals surface area contributed by atoms with Crippen LogP contribution in [0.3, 0.4) is 0 Å². The van der Waals surface area contributed by atoms with Gasteiger partial charge in [0.2, 0.25) is 19.3 Å². The molecule has 3 aromatic carbocycles. The van der Waals surface area contributed by atoms with Gasteiger partial charge in [0, 0.05) is 22.9 Å². The van der Waals surface area contributed by atoms with Crippen LogP contribution in [0.15, 0.2) is 94.3 Å². The van der Waals surface area contributed by atoms with E-state index in [1.165, 1.54) is 6.08 Å². The number of anilines is 1. The molecule has 0 spiro atoms. The maximum atomic E-state index is 13.4. The van der Waals surface area contributed by atoms with Crippen molar-refractivity contribution in [2.45, 2.75) is 18.2 Å². The Bertz CT molecular complexity index is 1870. The van der Waals surface area contributed by atoms with E-state index in [2.05, 4.69) is 20.6 Å². The van der Waals surface area contributed by atoms with Crippen LogP contribution in [0.2, 0.25) is 0 Å². The zero-order chi connectivity index (χ0) is 28.3. The van der Waals surface area contributed by atoms with E-state index in [0.717, 1.165) is 22.4 Å². The molecule has 9 nitrogen and oxygen atoms in total. The molecule has 40 heavy (non-hydrogen) atoms. The minimum atomic E-state index is -4.34. The van der Waals surface area contributed by atoms with Crippen molar-refractivity contribution in [1.29, 1.82) is 5.26 Å². The molecule has 1 amide bonds. The fourth-order valence-corrected chi connectivity index (χ4v) is 5.95. The van der Waals surface area contributed by atoms with Gasteiger partial charge in [0.1, 0.15) is 11.8 Å².